The number of halogens is 1. The van der Waals surface area contributed by atoms with Crippen molar-refractivity contribution in [1.82, 2.24) is 9.97 Å². The van der Waals surface area contributed by atoms with E-state index in [1.807, 2.05) is 0 Å². The summed E-state index contributed by atoms with van der Waals surface area (Å²) in [5, 5.41) is 0.446. The molecule has 2 aromatic heterocycles. The van der Waals surface area contributed by atoms with Gasteiger partial charge in [0.25, 0.3) is 0 Å². The van der Waals surface area contributed by atoms with Gasteiger partial charge in [0.2, 0.25) is 5.43 Å². The number of fused-ring (bicyclic) bond motifs is 1. The molecule has 1 aromatic carbocycles. The molecule has 0 aliphatic carbocycles. The molecule has 0 atom stereocenters. The number of benzene rings is 1. The largest absolute Gasteiger partial charge is 0.462 e. The number of rotatable bonds is 3. The molecule has 0 saturated heterocycles. The van der Waals surface area contributed by atoms with Crippen molar-refractivity contribution < 1.29 is 9.53 Å². The van der Waals surface area contributed by atoms with Crippen LogP contribution in [0, 0.1) is 0 Å². The lowest BCUT2D eigenvalue weighted by Gasteiger charge is -2.10. The fraction of sp³-hybridized carbons (Fsp3) is 0.125. The highest BCUT2D eigenvalue weighted by atomic mass is 79.9. The van der Waals surface area contributed by atoms with Gasteiger partial charge >= 0.3 is 5.97 Å². The van der Waals surface area contributed by atoms with Crippen LogP contribution >= 0.6 is 15.9 Å². The lowest BCUT2D eigenvalue weighted by molar-refractivity contribution is 0.0525. The summed E-state index contributed by atoms with van der Waals surface area (Å²) in [6, 6.07) is 8.84. The Morgan fingerprint density at radius 1 is 1.32 bits per heavy atom. The smallest absolute Gasteiger partial charge is 0.344 e. The summed E-state index contributed by atoms with van der Waals surface area (Å²) in [6.45, 7) is 1.92. The highest BCUT2D eigenvalue weighted by Gasteiger charge is 2.21. The second-order valence-electron chi connectivity index (χ2n) is 4.70. The van der Waals surface area contributed by atoms with Crippen molar-refractivity contribution in [2.45, 2.75) is 6.92 Å². The zero-order valence-electron chi connectivity index (χ0n) is 11.8. The zero-order chi connectivity index (χ0) is 15.7. The number of carbonyl (C=O) groups is 1. The number of aromatic nitrogens is 2. The van der Waals surface area contributed by atoms with Crippen LogP contribution in [0.5, 0.6) is 0 Å². The molecule has 0 saturated carbocycles. The topological polar surface area (TPSA) is 75.0 Å². The van der Waals surface area contributed by atoms with Crippen LogP contribution in [0.2, 0.25) is 0 Å². The number of pyridine rings is 1. The molecule has 0 aliphatic rings. The minimum atomic E-state index is -0.627. The van der Waals surface area contributed by atoms with Crippen molar-refractivity contribution in [3.05, 3.63) is 56.8 Å². The third-order valence-corrected chi connectivity index (χ3v) is 3.80. The Hall–Kier alpha value is -2.34. The molecular formula is C16H13BrN2O3. The summed E-state index contributed by atoms with van der Waals surface area (Å²) in [5.41, 5.74) is 1.40. The lowest BCUT2D eigenvalue weighted by Crippen LogP contribution is -2.20. The quantitative estimate of drug-likeness (QED) is 0.702. The van der Waals surface area contributed by atoms with Gasteiger partial charge in [-0.3, -0.25) is 4.79 Å². The normalized spacial score (nSPS) is 10.8. The molecule has 0 fully saturated rings. The molecule has 2 N–H and O–H groups in total. The minimum Gasteiger partial charge on any atom is -0.462 e. The van der Waals surface area contributed by atoms with Crippen LogP contribution in [-0.2, 0) is 4.74 Å². The second-order valence-corrected chi connectivity index (χ2v) is 5.61. The van der Waals surface area contributed by atoms with Gasteiger partial charge in [0, 0.05) is 16.1 Å². The van der Waals surface area contributed by atoms with Crippen LogP contribution in [0.3, 0.4) is 0 Å². The number of esters is 1. The van der Waals surface area contributed by atoms with Gasteiger partial charge < -0.3 is 14.7 Å². The van der Waals surface area contributed by atoms with Gasteiger partial charge in [-0.1, -0.05) is 15.9 Å². The molecule has 0 radical (unpaired) electrons. The van der Waals surface area contributed by atoms with Crippen molar-refractivity contribution in [3.63, 3.8) is 0 Å². The average molecular weight is 361 g/mol. The van der Waals surface area contributed by atoms with E-state index in [9.17, 15) is 9.59 Å². The van der Waals surface area contributed by atoms with E-state index >= 15 is 0 Å². The highest BCUT2D eigenvalue weighted by Crippen LogP contribution is 2.23. The van der Waals surface area contributed by atoms with Crippen LogP contribution in [-0.4, -0.2) is 22.5 Å². The summed E-state index contributed by atoms with van der Waals surface area (Å²) in [6.07, 6.45) is 1.73. The number of hydrogen-bond donors (Lipinski definition) is 2. The molecule has 2 heterocycles. The van der Waals surface area contributed by atoms with Gasteiger partial charge in [-0.2, -0.15) is 0 Å². The SMILES string of the molecule is CCOC(=O)c1c(-c2ccc[nH]2)[nH]c2cc(Br)ccc2c1=O. The maximum Gasteiger partial charge on any atom is 0.344 e. The third kappa shape index (κ3) is 2.46. The van der Waals surface area contributed by atoms with Crippen molar-refractivity contribution in [1.29, 1.82) is 0 Å². The Balaban J connectivity index is 2.37. The maximum absolute atomic E-state index is 12.7. The number of ether oxygens (including phenoxy) is 1. The number of hydrogen-bond acceptors (Lipinski definition) is 3. The third-order valence-electron chi connectivity index (χ3n) is 3.31. The monoisotopic (exact) mass is 360 g/mol. The molecule has 0 unspecified atom stereocenters. The van der Waals surface area contributed by atoms with Crippen LogP contribution in [0.25, 0.3) is 22.3 Å². The van der Waals surface area contributed by atoms with Crippen molar-refractivity contribution in [2.24, 2.45) is 0 Å². The van der Waals surface area contributed by atoms with Gasteiger partial charge in [0.05, 0.1) is 23.5 Å². The van der Waals surface area contributed by atoms with E-state index in [4.69, 9.17) is 4.74 Å². The first-order valence-electron chi connectivity index (χ1n) is 6.78. The van der Waals surface area contributed by atoms with Crippen LogP contribution in [0.15, 0.2) is 45.8 Å². The Labute approximate surface area is 134 Å². The van der Waals surface area contributed by atoms with Gasteiger partial charge in [-0.05, 0) is 37.3 Å². The van der Waals surface area contributed by atoms with Gasteiger partial charge in [-0.25, -0.2) is 4.79 Å². The fourth-order valence-electron chi connectivity index (χ4n) is 2.35. The molecule has 3 rings (SSSR count). The van der Waals surface area contributed by atoms with E-state index in [1.165, 1.54) is 0 Å². The summed E-state index contributed by atoms with van der Waals surface area (Å²) in [4.78, 5) is 31.1. The molecule has 6 heteroatoms. The van der Waals surface area contributed by atoms with E-state index in [0.717, 1.165) is 4.47 Å². The second kappa shape index (κ2) is 5.81. The standard InChI is InChI=1S/C16H13BrN2O3/c1-2-22-16(21)13-14(11-4-3-7-18-11)19-12-8-9(17)5-6-10(12)15(13)20/h3-8,18H,2H2,1H3,(H,19,20). The van der Waals surface area contributed by atoms with Crippen LogP contribution in [0.4, 0.5) is 0 Å². The number of H-pyrrole nitrogens is 2. The predicted octanol–water partition coefficient (Wildman–Crippen LogP) is 3.46. The summed E-state index contributed by atoms with van der Waals surface area (Å²) in [5.74, 6) is -0.627. The highest BCUT2D eigenvalue weighted by molar-refractivity contribution is 9.10. The first-order chi connectivity index (χ1) is 10.6. The first-order valence-corrected chi connectivity index (χ1v) is 7.57. The van der Waals surface area contributed by atoms with Gasteiger partial charge in [0.1, 0.15) is 5.56 Å². The molecule has 0 aliphatic heterocycles. The zero-order valence-corrected chi connectivity index (χ0v) is 13.4. The van der Waals surface area contributed by atoms with Crippen molar-refractivity contribution >= 4 is 32.8 Å². The summed E-state index contributed by atoms with van der Waals surface area (Å²) < 4.78 is 5.88. The molecular weight excluding hydrogens is 348 g/mol. The van der Waals surface area contributed by atoms with Gasteiger partial charge in [-0.15, -0.1) is 0 Å². The Kier molecular flexibility index (Phi) is 3.85. The summed E-state index contributed by atoms with van der Waals surface area (Å²) >= 11 is 3.38. The van der Waals surface area contributed by atoms with Crippen molar-refractivity contribution in [3.8, 4) is 11.4 Å². The molecule has 5 nitrogen and oxygen atoms in total. The van der Waals surface area contributed by atoms with Crippen LogP contribution in [0.1, 0.15) is 17.3 Å². The number of aromatic amines is 2. The molecule has 0 spiro atoms. The van der Waals surface area contributed by atoms with E-state index in [-0.39, 0.29) is 17.6 Å². The van der Waals surface area contributed by atoms with E-state index in [0.29, 0.717) is 22.3 Å². The predicted molar refractivity (Wildman–Crippen MR) is 88.0 cm³/mol. The Bertz CT molecular complexity index is 898. The van der Waals surface area contributed by atoms with Crippen LogP contribution < -0.4 is 5.43 Å². The number of carbonyl (C=O) groups excluding carboxylic acids is 1. The molecule has 3 aromatic rings. The van der Waals surface area contributed by atoms with E-state index < -0.39 is 5.97 Å². The average Bonchev–Trinajstić information content (AvgIpc) is 3.00. The fourth-order valence-corrected chi connectivity index (χ4v) is 2.71. The van der Waals surface area contributed by atoms with E-state index in [1.54, 1.807) is 43.5 Å². The Morgan fingerprint density at radius 2 is 2.14 bits per heavy atom. The van der Waals surface area contributed by atoms with Gasteiger partial charge in [0.15, 0.2) is 0 Å². The van der Waals surface area contributed by atoms with Crippen molar-refractivity contribution in [2.75, 3.05) is 6.61 Å². The number of nitrogens with one attached hydrogen (secondary N) is 2. The first kappa shape index (κ1) is 14.6. The minimum absolute atomic E-state index is 0.0131. The molecule has 112 valence electrons. The summed E-state index contributed by atoms with van der Waals surface area (Å²) in [7, 11) is 0. The molecule has 0 amide bonds. The Morgan fingerprint density at radius 3 is 2.82 bits per heavy atom. The maximum atomic E-state index is 12.7. The van der Waals surface area contributed by atoms with E-state index in [2.05, 4.69) is 25.9 Å². The molecule has 22 heavy (non-hydrogen) atoms. The molecule has 0 bridgehead atoms. The lowest BCUT2D eigenvalue weighted by atomic mass is 10.1.